The van der Waals surface area contributed by atoms with E-state index in [1.165, 1.54) is 25.5 Å². The summed E-state index contributed by atoms with van der Waals surface area (Å²) in [4.78, 5) is 10.5. The monoisotopic (exact) mass is 356 g/mol. The van der Waals surface area contributed by atoms with E-state index in [9.17, 15) is 20.1 Å². The lowest BCUT2D eigenvalue weighted by molar-refractivity contribution is -0.131. The number of rotatable bonds is 12. The van der Waals surface area contributed by atoms with Crippen LogP contribution in [0.25, 0.3) is 0 Å². The van der Waals surface area contributed by atoms with Crippen LogP contribution in [-0.2, 0) is 4.79 Å². The second kappa shape index (κ2) is 11.4. The van der Waals surface area contributed by atoms with E-state index in [4.69, 9.17) is 5.11 Å². The quantitative estimate of drug-likeness (QED) is 0.317. The minimum absolute atomic E-state index is 0.0607. The Balaban J connectivity index is 4.12. The molecule has 3 atom stereocenters. The zero-order valence-corrected chi connectivity index (χ0v) is 16.3. The maximum Gasteiger partial charge on any atom is 0.328 e. The maximum absolute atomic E-state index is 10.5. The molecule has 0 aromatic heterocycles. The number of carboxylic acid groups (broad SMARTS) is 1. The summed E-state index contributed by atoms with van der Waals surface area (Å²) >= 11 is 0. The second-order valence-corrected chi connectivity index (χ2v) is 7.76. The molecule has 0 aliphatic rings. The van der Waals surface area contributed by atoms with E-state index in [-0.39, 0.29) is 12.3 Å². The van der Waals surface area contributed by atoms with Crippen molar-refractivity contribution >= 4 is 5.97 Å². The van der Waals surface area contributed by atoms with Crippen LogP contribution in [0.5, 0.6) is 0 Å². The second-order valence-electron chi connectivity index (χ2n) is 7.76. The molecule has 4 N–H and O–H groups in total. The molecule has 0 bridgehead atoms. The van der Waals surface area contributed by atoms with Crippen LogP contribution in [0.3, 0.4) is 0 Å². The average molecular weight is 357 g/mol. The van der Waals surface area contributed by atoms with Gasteiger partial charge in [-0.3, -0.25) is 0 Å². The van der Waals surface area contributed by atoms with Crippen LogP contribution in [0.15, 0.2) is 23.3 Å². The van der Waals surface area contributed by atoms with Gasteiger partial charge in [0.15, 0.2) is 0 Å². The predicted octanol–water partition coefficient (Wildman–Crippen LogP) is 3.43. The minimum atomic E-state index is -1.20. The van der Waals surface area contributed by atoms with Gasteiger partial charge < -0.3 is 20.4 Å². The fourth-order valence-electron chi connectivity index (χ4n) is 2.58. The summed E-state index contributed by atoms with van der Waals surface area (Å²) in [6, 6.07) is 0. The summed E-state index contributed by atoms with van der Waals surface area (Å²) in [6.07, 6.45) is 6.30. The third-order valence-corrected chi connectivity index (χ3v) is 4.57. The van der Waals surface area contributed by atoms with E-state index >= 15 is 0 Å². The van der Waals surface area contributed by atoms with Gasteiger partial charge in [0.2, 0.25) is 0 Å². The number of carbonyl (C=O) groups is 1. The molecule has 0 aromatic carbocycles. The SMILES string of the molecule is C/C(=C/C(=O)O)CC/C=C(\C)CCC[C@H](C)[C@H](O)C[C@H](O)C(C)(C)O. The first-order chi connectivity index (χ1) is 11.4. The van der Waals surface area contributed by atoms with E-state index in [0.29, 0.717) is 0 Å². The number of aliphatic carboxylic acids is 1. The van der Waals surface area contributed by atoms with Gasteiger partial charge in [0.1, 0.15) is 0 Å². The Morgan fingerprint density at radius 1 is 1.12 bits per heavy atom. The molecule has 0 aromatic rings. The van der Waals surface area contributed by atoms with Gasteiger partial charge in [-0.05, 0) is 65.7 Å². The van der Waals surface area contributed by atoms with E-state index in [1.54, 1.807) is 0 Å². The predicted molar refractivity (Wildman–Crippen MR) is 100 cm³/mol. The molecule has 0 heterocycles. The lowest BCUT2D eigenvalue weighted by atomic mass is 9.89. The van der Waals surface area contributed by atoms with Crippen LogP contribution < -0.4 is 0 Å². The van der Waals surface area contributed by atoms with Gasteiger partial charge in [-0.25, -0.2) is 4.79 Å². The van der Waals surface area contributed by atoms with Gasteiger partial charge in [0.05, 0.1) is 17.8 Å². The molecule has 0 radical (unpaired) electrons. The Bertz CT molecular complexity index is 459. The number of hydrogen-bond acceptors (Lipinski definition) is 4. The standard InChI is InChI=1S/C20H36O5/c1-14(8-6-10-15(2)12-19(23)24)9-7-11-16(3)17(21)13-18(22)20(4,5)25/h8,12,16-18,21-22,25H,6-7,9-11,13H2,1-5H3,(H,23,24)/b14-8+,15-12-/t16-,17+,18-/m0/s1. The van der Waals surface area contributed by atoms with Crippen LogP contribution in [0.1, 0.15) is 73.1 Å². The first-order valence-electron chi connectivity index (χ1n) is 9.07. The molecular weight excluding hydrogens is 320 g/mol. The Labute approximate surface area is 152 Å². The summed E-state index contributed by atoms with van der Waals surface area (Å²) < 4.78 is 0. The minimum Gasteiger partial charge on any atom is -0.478 e. The number of hydrogen-bond donors (Lipinski definition) is 4. The Morgan fingerprint density at radius 3 is 2.24 bits per heavy atom. The number of carboxylic acids is 1. The summed E-state index contributed by atoms with van der Waals surface area (Å²) in [5.41, 5.74) is 0.924. The van der Waals surface area contributed by atoms with E-state index in [1.807, 2.05) is 13.8 Å². The maximum atomic E-state index is 10.5. The van der Waals surface area contributed by atoms with Crippen molar-refractivity contribution in [2.75, 3.05) is 0 Å². The van der Waals surface area contributed by atoms with Crippen LogP contribution in [0.2, 0.25) is 0 Å². The topological polar surface area (TPSA) is 98.0 Å². The van der Waals surface area contributed by atoms with Gasteiger partial charge in [-0.2, -0.15) is 0 Å². The van der Waals surface area contributed by atoms with Crippen LogP contribution in [0.4, 0.5) is 0 Å². The molecule has 0 unspecified atom stereocenters. The molecule has 0 saturated heterocycles. The molecule has 0 saturated carbocycles. The highest BCUT2D eigenvalue weighted by molar-refractivity contribution is 5.80. The van der Waals surface area contributed by atoms with Gasteiger partial charge in [0.25, 0.3) is 0 Å². The van der Waals surface area contributed by atoms with Crippen molar-refractivity contribution < 1.29 is 25.2 Å². The molecule has 0 fully saturated rings. The highest BCUT2D eigenvalue weighted by Crippen LogP contribution is 2.22. The lowest BCUT2D eigenvalue weighted by Gasteiger charge is -2.28. The first-order valence-corrected chi connectivity index (χ1v) is 9.07. The summed E-state index contributed by atoms with van der Waals surface area (Å²) in [5, 5.41) is 38.4. The molecule has 0 amide bonds. The number of aliphatic hydroxyl groups is 3. The summed E-state index contributed by atoms with van der Waals surface area (Å²) in [6.45, 7) is 8.92. The third kappa shape index (κ3) is 11.9. The lowest BCUT2D eigenvalue weighted by Crippen LogP contribution is -2.39. The van der Waals surface area contributed by atoms with Gasteiger partial charge in [-0.15, -0.1) is 0 Å². The Morgan fingerprint density at radius 2 is 1.72 bits per heavy atom. The van der Waals surface area contributed by atoms with Crippen molar-refractivity contribution in [2.24, 2.45) is 5.92 Å². The van der Waals surface area contributed by atoms with Crippen molar-refractivity contribution in [3.63, 3.8) is 0 Å². The molecule has 5 heteroatoms. The molecule has 0 rings (SSSR count). The fourth-order valence-corrected chi connectivity index (χ4v) is 2.58. The smallest absolute Gasteiger partial charge is 0.328 e. The molecular formula is C20H36O5. The van der Waals surface area contributed by atoms with Gasteiger partial charge in [-0.1, -0.05) is 24.1 Å². The van der Waals surface area contributed by atoms with Crippen LogP contribution >= 0.6 is 0 Å². The van der Waals surface area contributed by atoms with Crippen molar-refractivity contribution in [3.8, 4) is 0 Å². The van der Waals surface area contributed by atoms with E-state index in [2.05, 4.69) is 13.0 Å². The molecule has 0 aliphatic heterocycles. The van der Waals surface area contributed by atoms with Crippen molar-refractivity contribution in [3.05, 3.63) is 23.3 Å². The molecule has 0 spiro atoms. The highest BCUT2D eigenvalue weighted by atomic mass is 16.4. The Hall–Kier alpha value is -1.17. The zero-order chi connectivity index (χ0) is 19.6. The van der Waals surface area contributed by atoms with E-state index in [0.717, 1.165) is 37.7 Å². The molecule has 5 nitrogen and oxygen atoms in total. The molecule has 146 valence electrons. The first kappa shape index (κ1) is 23.8. The van der Waals surface area contributed by atoms with Crippen LogP contribution in [-0.4, -0.2) is 44.2 Å². The molecule has 0 aliphatic carbocycles. The van der Waals surface area contributed by atoms with Crippen molar-refractivity contribution in [1.29, 1.82) is 0 Å². The van der Waals surface area contributed by atoms with Crippen molar-refractivity contribution in [1.82, 2.24) is 0 Å². The molecule has 25 heavy (non-hydrogen) atoms. The summed E-state index contributed by atoms with van der Waals surface area (Å²) in [5.74, 6) is -0.842. The van der Waals surface area contributed by atoms with Gasteiger partial charge in [0, 0.05) is 12.5 Å². The zero-order valence-electron chi connectivity index (χ0n) is 16.3. The largest absolute Gasteiger partial charge is 0.478 e. The number of allylic oxidation sites excluding steroid dienone is 3. The Kier molecular flexibility index (Phi) is 10.9. The van der Waals surface area contributed by atoms with Crippen LogP contribution in [0, 0.1) is 5.92 Å². The fraction of sp³-hybridized carbons (Fsp3) is 0.750. The third-order valence-electron chi connectivity index (χ3n) is 4.57. The highest BCUT2D eigenvalue weighted by Gasteiger charge is 2.28. The van der Waals surface area contributed by atoms with Gasteiger partial charge >= 0.3 is 5.97 Å². The van der Waals surface area contributed by atoms with E-state index < -0.39 is 23.8 Å². The normalized spacial score (nSPS) is 17.3. The van der Waals surface area contributed by atoms with Crippen molar-refractivity contribution in [2.45, 2.75) is 91.0 Å². The number of aliphatic hydroxyl groups excluding tert-OH is 2. The average Bonchev–Trinajstić information content (AvgIpc) is 2.45. The summed E-state index contributed by atoms with van der Waals surface area (Å²) in [7, 11) is 0.